The lowest BCUT2D eigenvalue weighted by molar-refractivity contribution is -0.385. The van der Waals surface area contributed by atoms with Gasteiger partial charge < -0.3 is 5.32 Å². The highest BCUT2D eigenvalue weighted by molar-refractivity contribution is 5.97. The van der Waals surface area contributed by atoms with Crippen molar-refractivity contribution in [3.05, 3.63) is 56.9 Å². The third kappa shape index (κ3) is 2.69. The third-order valence-corrected chi connectivity index (χ3v) is 4.26. The molecule has 7 heteroatoms. The Balaban J connectivity index is 1.91. The molecule has 1 aliphatic rings. The molecule has 1 aromatic carbocycles. The van der Waals surface area contributed by atoms with Crippen LogP contribution in [0.2, 0.25) is 0 Å². The second-order valence-electron chi connectivity index (χ2n) is 5.78. The SMILES string of the molecule is Cc1nn(C)c(C(=O)N[C@H]2CCCc3ccccc32)c1[N+](=O)[O-]. The Morgan fingerprint density at radius 1 is 1.43 bits per heavy atom. The van der Waals surface area contributed by atoms with E-state index in [-0.39, 0.29) is 23.1 Å². The van der Waals surface area contributed by atoms with Crippen LogP contribution in [0.5, 0.6) is 0 Å². The first-order valence-corrected chi connectivity index (χ1v) is 7.55. The standard InChI is InChI=1S/C16H18N4O3/c1-10-14(20(22)23)15(19(2)18-10)16(21)17-13-9-5-7-11-6-3-4-8-12(11)13/h3-4,6,8,13H,5,7,9H2,1-2H3,(H,17,21)/t13-/m0/s1. The van der Waals surface area contributed by atoms with Gasteiger partial charge in [-0.25, -0.2) is 0 Å². The number of amides is 1. The zero-order chi connectivity index (χ0) is 16.6. The molecule has 0 spiro atoms. The maximum atomic E-state index is 12.6. The van der Waals surface area contributed by atoms with Crippen molar-refractivity contribution in [3.8, 4) is 0 Å². The van der Waals surface area contributed by atoms with Crippen molar-refractivity contribution >= 4 is 11.6 Å². The topological polar surface area (TPSA) is 90.1 Å². The van der Waals surface area contributed by atoms with Crippen LogP contribution in [0.25, 0.3) is 0 Å². The molecule has 0 bridgehead atoms. The molecule has 1 N–H and O–H groups in total. The molecule has 7 nitrogen and oxygen atoms in total. The van der Waals surface area contributed by atoms with Gasteiger partial charge in [0.05, 0.1) is 11.0 Å². The van der Waals surface area contributed by atoms with Gasteiger partial charge in [0, 0.05) is 7.05 Å². The van der Waals surface area contributed by atoms with Crippen LogP contribution in [0.1, 0.15) is 46.2 Å². The molecule has 1 aromatic heterocycles. The molecule has 3 rings (SSSR count). The zero-order valence-corrected chi connectivity index (χ0v) is 13.1. The largest absolute Gasteiger partial charge is 0.344 e. The fraction of sp³-hybridized carbons (Fsp3) is 0.375. The fourth-order valence-corrected chi connectivity index (χ4v) is 3.25. The number of carbonyl (C=O) groups is 1. The van der Waals surface area contributed by atoms with E-state index in [0.717, 1.165) is 24.8 Å². The highest BCUT2D eigenvalue weighted by atomic mass is 16.6. The second kappa shape index (κ2) is 5.83. The average Bonchev–Trinajstić information content (AvgIpc) is 2.82. The predicted octanol–water partition coefficient (Wildman–Crippen LogP) is 2.44. The number of aryl methyl sites for hydroxylation is 3. The molecule has 0 fully saturated rings. The molecule has 1 aliphatic carbocycles. The minimum Gasteiger partial charge on any atom is -0.344 e. The molecule has 0 radical (unpaired) electrons. The minimum atomic E-state index is -0.550. The van der Waals surface area contributed by atoms with E-state index in [1.54, 1.807) is 7.05 Å². The first kappa shape index (κ1) is 15.2. The monoisotopic (exact) mass is 314 g/mol. The number of carbonyl (C=O) groups excluding carboxylic acids is 1. The lowest BCUT2D eigenvalue weighted by atomic mass is 9.87. The van der Waals surface area contributed by atoms with Gasteiger partial charge in [0.15, 0.2) is 0 Å². The van der Waals surface area contributed by atoms with E-state index in [1.165, 1.54) is 17.2 Å². The van der Waals surface area contributed by atoms with Crippen LogP contribution in [-0.2, 0) is 13.5 Å². The van der Waals surface area contributed by atoms with Crippen molar-refractivity contribution in [1.82, 2.24) is 15.1 Å². The summed E-state index contributed by atoms with van der Waals surface area (Å²) in [6, 6.07) is 7.87. The molecule has 1 atom stereocenters. The van der Waals surface area contributed by atoms with Gasteiger partial charge in [0.2, 0.25) is 5.69 Å². The molecule has 0 saturated heterocycles. The fourth-order valence-electron chi connectivity index (χ4n) is 3.25. The minimum absolute atomic E-state index is 0.00412. The number of nitrogens with one attached hydrogen (secondary N) is 1. The van der Waals surface area contributed by atoms with Crippen molar-refractivity contribution < 1.29 is 9.72 Å². The first-order valence-electron chi connectivity index (χ1n) is 7.55. The van der Waals surface area contributed by atoms with Crippen LogP contribution in [0, 0.1) is 17.0 Å². The molecule has 1 amide bonds. The van der Waals surface area contributed by atoms with Gasteiger partial charge in [-0.1, -0.05) is 24.3 Å². The molecule has 23 heavy (non-hydrogen) atoms. The van der Waals surface area contributed by atoms with Crippen molar-refractivity contribution in [3.63, 3.8) is 0 Å². The molecular weight excluding hydrogens is 296 g/mol. The lowest BCUT2D eigenvalue weighted by Crippen LogP contribution is -2.32. The van der Waals surface area contributed by atoms with Gasteiger partial charge in [0.1, 0.15) is 5.69 Å². The number of hydrogen-bond acceptors (Lipinski definition) is 4. The number of nitrogens with zero attached hydrogens (tertiary/aromatic N) is 3. The van der Waals surface area contributed by atoms with Crippen LogP contribution in [0.4, 0.5) is 5.69 Å². The number of hydrogen-bond donors (Lipinski definition) is 1. The van der Waals surface area contributed by atoms with Crippen molar-refractivity contribution in [1.29, 1.82) is 0 Å². The summed E-state index contributed by atoms with van der Waals surface area (Å²) in [6.45, 7) is 1.53. The van der Waals surface area contributed by atoms with Crippen LogP contribution in [0.15, 0.2) is 24.3 Å². The number of aromatic nitrogens is 2. The summed E-state index contributed by atoms with van der Waals surface area (Å²) in [7, 11) is 1.55. The Hall–Kier alpha value is -2.70. The maximum Gasteiger partial charge on any atom is 0.322 e. The average molecular weight is 314 g/mol. The summed E-state index contributed by atoms with van der Waals surface area (Å²) in [5.74, 6) is -0.457. The van der Waals surface area contributed by atoms with Crippen LogP contribution in [0.3, 0.4) is 0 Å². The molecule has 2 aromatic rings. The van der Waals surface area contributed by atoms with Crippen molar-refractivity contribution in [2.45, 2.75) is 32.2 Å². The predicted molar refractivity (Wildman–Crippen MR) is 84.2 cm³/mol. The van der Waals surface area contributed by atoms with E-state index in [4.69, 9.17) is 0 Å². The van der Waals surface area contributed by atoms with Gasteiger partial charge in [-0.3, -0.25) is 19.6 Å². The zero-order valence-electron chi connectivity index (χ0n) is 13.1. The Morgan fingerprint density at radius 2 is 2.17 bits per heavy atom. The van der Waals surface area contributed by atoms with Crippen LogP contribution < -0.4 is 5.32 Å². The van der Waals surface area contributed by atoms with Gasteiger partial charge in [-0.05, 0) is 37.3 Å². The summed E-state index contributed by atoms with van der Waals surface area (Å²) < 4.78 is 1.28. The number of nitro groups is 1. The van der Waals surface area contributed by atoms with E-state index in [9.17, 15) is 14.9 Å². The van der Waals surface area contributed by atoms with E-state index in [1.807, 2.05) is 18.2 Å². The van der Waals surface area contributed by atoms with Crippen molar-refractivity contribution in [2.75, 3.05) is 0 Å². The van der Waals surface area contributed by atoms with E-state index >= 15 is 0 Å². The van der Waals surface area contributed by atoms with Gasteiger partial charge >= 0.3 is 5.69 Å². The highest BCUT2D eigenvalue weighted by Crippen LogP contribution is 2.30. The maximum absolute atomic E-state index is 12.6. The Morgan fingerprint density at radius 3 is 2.91 bits per heavy atom. The van der Waals surface area contributed by atoms with E-state index in [2.05, 4.69) is 16.5 Å². The summed E-state index contributed by atoms with van der Waals surface area (Å²) in [4.78, 5) is 23.3. The van der Waals surface area contributed by atoms with Gasteiger partial charge in [-0.2, -0.15) is 5.10 Å². The Bertz CT molecular complexity index is 782. The lowest BCUT2D eigenvalue weighted by Gasteiger charge is -2.26. The molecule has 1 heterocycles. The highest BCUT2D eigenvalue weighted by Gasteiger charge is 2.31. The second-order valence-corrected chi connectivity index (χ2v) is 5.78. The summed E-state index contributed by atoms with van der Waals surface area (Å²) in [5, 5.41) is 18.2. The molecule has 0 saturated carbocycles. The van der Waals surface area contributed by atoms with Gasteiger partial charge in [0.25, 0.3) is 5.91 Å². The molecular formula is C16H18N4O3. The van der Waals surface area contributed by atoms with E-state index < -0.39 is 10.8 Å². The summed E-state index contributed by atoms with van der Waals surface area (Å²) >= 11 is 0. The number of fused-ring (bicyclic) bond motifs is 1. The Kier molecular flexibility index (Phi) is 3.85. The molecule has 120 valence electrons. The first-order chi connectivity index (χ1) is 11.0. The quantitative estimate of drug-likeness (QED) is 0.696. The Labute approximate surface area is 133 Å². The number of benzene rings is 1. The van der Waals surface area contributed by atoms with Crippen molar-refractivity contribution in [2.24, 2.45) is 7.05 Å². The third-order valence-electron chi connectivity index (χ3n) is 4.26. The molecule has 0 unspecified atom stereocenters. The summed E-state index contributed by atoms with van der Waals surface area (Å²) in [6.07, 6.45) is 2.80. The summed E-state index contributed by atoms with van der Waals surface area (Å²) in [5.41, 5.74) is 2.32. The number of rotatable bonds is 3. The van der Waals surface area contributed by atoms with Gasteiger partial charge in [-0.15, -0.1) is 0 Å². The van der Waals surface area contributed by atoms with Crippen LogP contribution >= 0.6 is 0 Å². The normalized spacial score (nSPS) is 16.7. The smallest absolute Gasteiger partial charge is 0.322 e. The van der Waals surface area contributed by atoms with E-state index in [0.29, 0.717) is 0 Å². The molecule has 0 aliphatic heterocycles. The van der Waals surface area contributed by atoms with Crippen LogP contribution in [-0.4, -0.2) is 20.6 Å².